The molecule has 0 aliphatic rings. The Hall–Kier alpha value is -1.53. The fourth-order valence-corrected chi connectivity index (χ4v) is 6.50. The highest BCUT2D eigenvalue weighted by Crippen LogP contribution is 2.30. The third-order valence-corrected chi connectivity index (χ3v) is 10.4. The number of unbranched alkanes of at least 4 members (excludes halogenated alkanes) is 2. The molecule has 0 atom stereocenters. The molecule has 0 bridgehead atoms. The van der Waals surface area contributed by atoms with Crippen LogP contribution in [0.3, 0.4) is 0 Å². The van der Waals surface area contributed by atoms with Crippen LogP contribution in [0, 0.1) is 0 Å². The average Bonchev–Trinajstić information content (AvgIpc) is 3.25. The zero-order valence-electron chi connectivity index (χ0n) is 25.8. The van der Waals surface area contributed by atoms with E-state index in [4.69, 9.17) is 0 Å². The molecule has 0 amide bonds. The molecule has 1 aromatic heterocycles. The van der Waals surface area contributed by atoms with E-state index >= 15 is 0 Å². The molecule has 44 heavy (non-hydrogen) atoms. The standard InChI is InChI=1S/C11H26N.C6H11N2.2C2H3F3NO4S2/c1-5-9-10-11-12(6-2,7-3)8-4;1-3-8-5-4-7(2)6-8;2*1-11(7,8)6-12(9,10)2(3,4)5/h5-11H2,1-4H3;4-6H,3H2,1-2H3;2*1H3/q2*+1;2*-1. The third-order valence-electron chi connectivity index (χ3n) is 5.49. The second kappa shape index (κ2) is 19.2. The fraction of sp³-hybridized carbons (Fsp3) is 0.857. The zero-order chi connectivity index (χ0) is 35.8. The first kappa shape index (κ1) is 46.9. The summed E-state index contributed by atoms with van der Waals surface area (Å²) >= 11 is 0. The van der Waals surface area contributed by atoms with Crippen LogP contribution < -0.4 is 4.57 Å². The molecule has 1 rings (SSSR count). The molecule has 0 aliphatic heterocycles. The van der Waals surface area contributed by atoms with Crippen molar-refractivity contribution in [1.29, 1.82) is 0 Å². The largest absolute Gasteiger partial charge is 0.480 e. The van der Waals surface area contributed by atoms with Gasteiger partial charge in [-0.1, -0.05) is 13.3 Å². The van der Waals surface area contributed by atoms with Gasteiger partial charge in [0.25, 0.3) is 0 Å². The van der Waals surface area contributed by atoms with E-state index in [1.807, 2.05) is 17.8 Å². The van der Waals surface area contributed by atoms with Crippen molar-refractivity contribution in [2.24, 2.45) is 7.05 Å². The van der Waals surface area contributed by atoms with Gasteiger partial charge >= 0.3 is 11.0 Å². The van der Waals surface area contributed by atoms with E-state index in [1.54, 1.807) is 8.25 Å². The molecule has 0 fully saturated rings. The molecule has 266 valence electrons. The second-order valence-electron chi connectivity index (χ2n) is 9.09. The van der Waals surface area contributed by atoms with Crippen molar-refractivity contribution in [2.75, 3.05) is 38.7 Å². The highest BCUT2D eigenvalue weighted by atomic mass is 32.3. The second-order valence-corrected chi connectivity index (χ2v) is 16.0. The van der Waals surface area contributed by atoms with Crippen molar-refractivity contribution in [3.8, 4) is 0 Å². The van der Waals surface area contributed by atoms with E-state index in [9.17, 15) is 60.0 Å². The smallest absolute Gasteiger partial charge is 0.429 e. The monoisotopic (exact) mass is 735 g/mol. The number of quaternary nitrogens is 1. The molecule has 0 N–H and O–H groups in total. The highest BCUT2D eigenvalue weighted by molar-refractivity contribution is 8.12. The van der Waals surface area contributed by atoms with E-state index in [2.05, 4.69) is 51.7 Å². The van der Waals surface area contributed by atoms with Gasteiger partial charge in [0.05, 0.1) is 59.8 Å². The van der Waals surface area contributed by atoms with Crippen molar-refractivity contribution >= 4 is 40.1 Å². The molecule has 23 heteroatoms. The average molecular weight is 736 g/mol. The van der Waals surface area contributed by atoms with E-state index in [0.29, 0.717) is 0 Å². The lowest BCUT2D eigenvalue weighted by Gasteiger charge is -2.35. The van der Waals surface area contributed by atoms with Crippen LogP contribution in [0.2, 0.25) is 0 Å². The molecule has 0 aromatic carbocycles. The Balaban J connectivity index is -0.000000514. The summed E-state index contributed by atoms with van der Waals surface area (Å²) in [7, 11) is -18.9. The van der Waals surface area contributed by atoms with Gasteiger partial charge in [-0.3, -0.25) is 0 Å². The minimum Gasteiger partial charge on any atom is -0.429 e. The molecule has 13 nitrogen and oxygen atoms in total. The van der Waals surface area contributed by atoms with Gasteiger partial charge < -0.3 is 12.7 Å². The molecule has 0 spiro atoms. The summed E-state index contributed by atoms with van der Waals surface area (Å²) in [6, 6.07) is 0. The van der Waals surface area contributed by atoms with Crippen molar-refractivity contribution in [3.63, 3.8) is 0 Å². The van der Waals surface area contributed by atoms with Crippen molar-refractivity contribution < 1.29 is 69.1 Å². The number of halogens is 6. The Morgan fingerprint density at radius 1 is 0.705 bits per heavy atom. The van der Waals surface area contributed by atoms with E-state index < -0.39 is 51.1 Å². The molecule has 0 radical (unpaired) electrons. The van der Waals surface area contributed by atoms with E-state index in [-0.39, 0.29) is 12.5 Å². The Bertz CT molecular complexity index is 1310. The molecule has 0 unspecified atom stereocenters. The lowest BCUT2D eigenvalue weighted by molar-refractivity contribution is -0.923. The van der Waals surface area contributed by atoms with Gasteiger partial charge in [0.2, 0.25) is 6.33 Å². The predicted molar refractivity (Wildman–Crippen MR) is 154 cm³/mol. The minimum absolute atomic E-state index is 0.246. The SMILES string of the molecule is CCCCC[N+](CC)(CC)CC.CCn1cc[n+](C)c1.CS(=O)(=O)[N-]S(=O)(=O)C(F)(F)F.CS(=O)(=O)[N-]S(=O)(=O)C(F)(F)F. The molecule has 1 aromatic rings. The summed E-state index contributed by atoms with van der Waals surface area (Å²) in [6.07, 6.45) is 10.8. The van der Waals surface area contributed by atoms with Gasteiger partial charge in [0.1, 0.15) is 12.4 Å². The van der Waals surface area contributed by atoms with E-state index in [1.165, 1.54) is 49.9 Å². The number of aryl methyl sites for hydroxylation is 2. The predicted octanol–water partition coefficient (Wildman–Crippen LogP) is 3.72. The summed E-state index contributed by atoms with van der Waals surface area (Å²) in [5.41, 5.74) is -11.3. The van der Waals surface area contributed by atoms with Crippen LogP contribution >= 0.6 is 0 Å². The first-order chi connectivity index (χ1) is 19.5. The summed E-state index contributed by atoms with van der Waals surface area (Å²) in [6.45, 7) is 17.7. The van der Waals surface area contributed by atoms with Gasteiger partial charge in [0, 0.05) is 12.5 Å². The summed E-state index contributed by atoms with van der Waals surface area (Å²) < 4.78 is 157. The molecular formula is C21H43F6N5O8S4. The van der Waals surface area contributed by atoms with Crippen molar-refractivity contribution in [1.82, 2.24) is 4.57 Å². The lowest BCUT2D eigenvalue weighted by atomic mass is 10.2. The van der Waals surface area contributed by atoms with Crippen LogP contribution in [0.4, 0.5) is 26.3 Å². The zero-order valence-corrected chi connectivity index (χ0v) is 29.1. The topological polar surface area (TPSA) is 174 Å². The number of aromatic nitrogens is 2. The van der Waals surface area contributed by atoms with Crippen LogP contribution in [0.1, 0.15) is 53.9 Å². The molecule has 0 aliphatic carbocycles. The van der Waals surface area contributed by atoms with Gasteiger partial charge in [-0.2, -0.15) is 26.3 Å². The maximum absolute atomic E-state index is 11.4. The van der Waals surface area contributed by atoms with E-state index in [0.717, 1.165) is 6.54 Å². The molecule has 0 saturated carbocycles. The fourth-order valence-electron chi connectivity index (χ4n) is 2.97. The summed E-state index contributed by atoms with van der Waals surface area (Å²) in [5.74, 6) is 0. The first-order valence-electron chi connectivity index (χ1n) is 12.9. The van der Waals surface area contributed by atoms with Crippen molar-refractivity contribution in [3.05, 3.63) is 27.0 Å². The Kier molecular flexibility index (Phi) is 20.5. The van der Waals surface area contributed by atoms with Gasteiger partial charge in [-0.15, -0.1) is 0 Å². The summed E-state index contributed by atoms with van der Waals surface area (Å²) in [5, 5.41) is 0. The summed E-state index contributed by atoms with van der Waals surface area (Å²) in [4.78, 5) is 0. The molecule has 0 saturated heterocycles. The minimum atomic E-state index is -5.92. The van der Waals surface area contributed by atoms with Gasteiger partial charge in [-0.05, 0) is 40.5 Å². The van der Waals surface area contributed by atoms with Gasteiger partial charge in [-0.25, -0.2) is 42.8 Å². The van der Waals surface area contributed by atoms with Crippen LogP contribution in [-0.4, -0.2) is 92.4 Å². The van der Waals surface area contributed by atoms with Crippen LogP contribution in [0.5, 0.6) is 0 Å². The first-order valence-corrected chi connectivity index (χ1v) is 19.4. The molecular weight excluding hydrogens is 693 g/mol. The Morgan fingerprint density at radius 3 is 1.23 bits per heavy atom. The normalized spacial score (nSPS) is 13.0. The number of hydrogen-bond donors (Lipinski definition) is 0. The number of hydrogen-bond acceptors (Lipinski definition) is 8. The number of rotatable bonds is 12. The number of alkyl halides is 6. The number of imidazole rings is 1. The number of nitrogens with zero attached hydrogens (tertiary/aromatic N) is 5. The highest BCUT2D eigenvalue weighted by Gasteiger charge is 2.40. The maximum Gasteiger partial charge on any atom is 0.480 e. The lowest BCUT2D eigenvalue weighted by Crippen LogP contribution is -2.48. The van der Waals surface area contributed by atoms with Gasteiger partial charge in [0.15, 0.2) is 20.0 Å². The van der Waals surface area contributed by atoms with Crippen LogP contribution in [0.25, 0.3) is 8.25 Å². The quantitative estimate of drug-likeness (QED) is 0.135. The van der Waals surface area contributed by atoms with Crippen LogP contribution in [0.15, 0.2) is 18.7 Å². The third kappa shape index (κ3) is 21.2. The van der Waals surface area contributed by atoms with Crippen LogP contribution in [-0.2, 0) is 53.7 Å². The Labute approximate surface area is 257 Å². The number of sulfonamides is 4. The maximum atomic E-state index is 11.4. The van der Waals surface area contributed by atoms with Crippen molar-refractivity contribution in [2.45, 2.75) is 71.4 Å². The Morgan fingerprint density at radius 2 is 1.07 bits per heavy atom. The molecule has 1 heterocycles.